The standard InChI is InChI=1S/C23H39N5O2/c1-18(17-27(6)22(29)30-23(2,3)4)16-25-21(24-5)26-19-12-14-28(15-13-19)20-10-8-7-9-11-20/h7-11,18-19H,12-17H2,1-6H3,(H2,24,25,26). The van der Waals surface area contributed by atoms with Gasteiger partial charge in [-0.2, -0.15) is 0 Å². The first-order chi connectivity index (χ1) is 14.2. The van der Waals surface area contributed by atoms with Crippen LogP contribution in [0, 0.1) is 5.92 Å². The minimum absolute atomic E-state index is 0.265. The van der Waals surface area contributed by atoms with E-state index in [1.807, 2.05) is 20.8 Å². The fraction of sp³-hybridized carbons (Fsp3) is 0.652. The van der Waals surface area contributed by atoms with E-state index in [0.717, 1.165) is 38.4 Å². The van der Waals surface area contributed by atoms with Gasteiger partial charge < -0.3 is 25.2 Å². The smallest absolute Gasteiger partial charge is 0.410 e. The Labute approximate surface area is 181 Å². The molecular weight excluding hydrogens is 378 g/mol. The van der Waals surface area contributed by atoms with Gasteiger partial charge in [0.1, 0.15) is 5.60 Å². The average molecular weight is 418 g/mol. The Morgan fingerprint density at radius 1 is 1.27 bits per heavy atom. The van der Waals surface area contributed by atoms with Gasteiger partial charge in [-0.3, -0.25) is 4.99 Å². The third-order valence-electron chi connectivity index (χ3n) is 5.09. The van der Waals surface area contributed by atoms with Gasteiger partial charge in [-0.05, 0) is 51.7 Å². The summed E-state index contributed by atoms with van der Waals surface area (Å²) in [6, 6.07) is 11.0. The Morgan fingerprint density at radius 3 is 2.47 bits per heavy atom. The van der Waals surface area contributed by atoms with E-state index < -0.39 is 5.60 Å². The van der Waals surface area contributed by atoms with Crippen molar-refractivity contribution >= 4 is 17.7 Å². The van der Waals surface area contributed by atoms with Crippen LogP contribution < -0.4 is 15.5 Å². The number of piperidine rings is 1. The lowest BCUT2D eigenvalue weighted by Gasteiger charge is -2.34. The summed E-state index contributed by atoms with van der Waals surface area (Å²) >= 11 is 0. The number of ether oxygens (including phenoxy) is 1. The Hall–Kier alpha value is -2.44. The lowest BCUT2D eigenvalue weighted by molar-refractivity contribution is 0.0278. The molecule has 2 N–H and O–H groups in total. The molecule has 7 nitrogen and oxygen atoms in total. The van der Waals surface area contributed by atoms with Gasteiger partial charge in [-0.1, -0.05) is 25.1 Å². The van der Waals surface area contributed by atoms with Crippen molar-refractivity contribution in [1.29, 1.82) is 0 Å². The summed E-state index contributed by atoms with van der Waals surface area (Å²) in [5.41, 5.74) is 0.816. The van der Waals surface area contributed by atoms with E-state index in [0.29, 0.717) is 12.6 Å². The molecule has 2 rings (SSSR count). The molecule has 1 aliphatic rings. The second-order valence-corrected chi connectivity index (χ2v) is 9.16. The van der Waals surface area contributed by atoms with Gasteiger partial charge in [0.25, 0.3) is 0 Å². The highest BCUT2D eigenvalue weighted by Crippen LogP contribution is 2.19. The Balaban J connectivity index is 1.71. The van der Waals surface area contributed by atoms with Gasteiger partial charge in [0.2, 0.25) is 0 Å². The fourth-order valence-corrected chi connectivity index (χ4v) is 3.53. The number of benzene rings is 1. The highest BCUT2D eigenvalue weighted by molar-refractivity contribution is 5.80. The monoisotopic (exact) mass is 417 g/mol. The third-order valence-corrected chi connectivity index (χ3v) is 5.09. The van der Waals surface area contributed by atoms with Crippen molar-refractivity contribution in [3.8, 4) is 0 Å². The van der Waals surface area contributed by atoms with E-state index in [-0.39, 0.29) is 12.0 Å². The molecule has 7 heteroatoms. The van der Waals surface area contributed by atoms with E-state index >= 15 is 0 Å². The zero-order valence-electron chi connectivity index (χ0n) is 19.4. The van der Waals surface area contributed by atoms with Crippen LogP contribution in [0.3, 0.4) is 0 Å². The summed E-state index contributed by atoms with van der Waals surface area (Å²) in [7, 11) is 3.57. The number of rotatable bonds is 6. The predicted octanol–water partition coefficient (Wildman–Crippen LogP) is 3.32. The lowest BCUT2D eigenvalue weighted by atomic mass is 10.0. The highest BCUT2D eigenvalue weighted by Gasteiger charge is 2.22. The molecule has 1 unspecified atom stereocenters. The van der Waals surface area contributed by atoms with Crippen molar-refractivity contribution in [2.24, 2.45) is 10.9 Å². The van der Waals surface area contributed by atoms with Gasteiger partial charge in [0.05, 0.1) is 0 Å². The topological polar surface area (TPSA) is 69.2 Å². The average Bonchev–Trinajstić information content (AvgIpc) is 2.71. The molecule has 1 aromatic carbocycles. The van der Waals surface area contributed by atoms with Crippen LogP contribution >= 0.6 is 0 Å². The first kappa shape index (κ1) is 23.8. The second kappa shape index (κ2) is 11.1. The first-order valence-electron chi connectivity index (χ1n) is 10.9. The molecule has 1 heterocycles. The summed E-state index contributed by atoms with van der Waals surface area (Å²) in [5, 5.41) is 6.95. The summed E-state index contributed by atoms with van der Waals surface area (Å²) in [5.74, 6) is 1.08. The molecular formula is C23H39N5O2. The van der Waals surface area contributed by atoms with E-state index in [4.69, 9.17) is 4.74 Å². The number of hydrogen-bond donors (Lipinski definition) is 2. The molecule has 1 aromatic rings. The molecule has 30 heavy (non-hydrogen) atoms. The molecule has 0 aliphatic carbocycles. The zero-order chi connectivity index (χ0) is 22.1. The number of aliphatic imine (C=N–C) groups is 1. The van der Waals surface area contributed by atoms with Crippen LogP contribution in [0.2, 0.25) is 0 Å². The Kier molecular flexibility index (Phi) is 8.81. The first-order valence-corrected chi connectivity index (χ1v) is 10.9. The summed E-state index contributed by atoms with van der Waals surface area (Å²) in [4.78, 5) is 20.6. The van der Waals surface area contributed by atoms with Crippen LogP contribution in [0.4, 0.5) is 10.5 Å². The lowest BCUT2D eigenvalue weighted by Crippen LogP contribution is -2.50. The molecule has 1 saturated heterocycles. The van der Waals surface area contributed by atoms with Crippen molar-refractivity contribution in [2.45, 2.75) is 52.2 Å². The van der Waals surface area contributed by atoms with Crippen LogP contribution in [0.5, 0.6) is 0 Å². The highest BCUT2D eigenvalue weighted by atomic mass is 16.6. The molecule has 0 aromatic heterocycles. The van der Waals surface area contributed by atoms with Gasteiger partial charge in [-0.25, -0.2) is 4.79 Å². The van der Waals surface area contributed by atoms with Gasteiger partial charge in [-0.15, -0.1) is 0 Å². The summed E-state index contributed by atoms with van der Waals surface area (Å²) in [6.07, 6.45) is 1.86. The second-order valence-electron chi connectivity index (χ2n) is 9.16. The number of carbonyl (C=O) groups is 1. The van der Waals surface area contributed by atoms with E-state index in [2.05, 4.69) is 57.8 Å². The molecule has 1 aliphatic heterocycles. The molecule has 1 fully saturated rings. The van der Waals surface area contributed by atoms with Crippen LogP contribution in [0.25, 0.3) is 0 Å². The summed E-state index contributed by atoms with van der Waals surface area (Å²) < 4.78 is 5.41. The molecule has 0 saturated carbocycles. The zero-order valence-corrected chi connectivity index (χ0v) is 19.4. The van der Waals surface area contributed by atoms with Crippen molar-refractivity contribution in [3.05, 3.63) is 30.3 Å². The number of anilines is 1. The fourth-order valence-electron chi connectivity index (χ4n) is 3.53. The van der Waals surface area contributed by atoms with Gasteiger partial charge >= 0.3 is 6.09 Å². The van der Waals surface area contributed by atoms with E-state index in [1.165, 1.54) is 5.69 Å². The van der Waals surface area contributed by atoms with Crippen molar-refractivity contribution in [1.82, 2.24) is 15.5 Å². The molecule has 0 bridgehead atoms. The SMILES string of the molecule is CN=C(NCC(C)CN(C)C(=O)OC(C)(C)C)NC1CCN(c2ccccc2)CC1. The molecule has 1 atom stereocenters. The number of nitrogens with one attached hydrogen (secondary N) is 2. The minimum atomic E-state index is -0.477. The predicted molar refractivity (Wildman–Crippen MR) is 124 cm³/mol. The maximum absolute atomic E-state index is 12.1. The third kappa shape index (κ3) is 8.13. The van der Waals surface area contributed by atoms with Gasteiger partial charge in [0.15, 0.2) is 5.96 Å². The van der Waals surface area contributed by atoms with Crippen LogP contribution in [-0.2, 0) is 4.74 Å². The molecule has 0 spiro atoms. The maximum atomic E-state index is 12.1. The van der Waals surface area contributed by atoms with Gasteiger partial charge in [0, 0.05) is 52.0 Å². The number of guanidine groups is 1. The quantitative estimate of drug-likeness (QED) is 0.549. The van der Waals surface area contributed by atoms with Crippen LogP contribution in [-0.4, -0.2) is 68.9 Å². The molecule has 168 valence electrons. The number of nitrogens with zero attached hydrogens (tertiary/aromatic N) is 3. The van der Waals surface area contributed by atoms with Crippen molar-refractivity contribution in [2.75, 3.05) is 45.2 Å². The van der Waals surface area contributed by atoms with Crippen molar-refractivity contribution in [3.63, 3.8) is 0 Å². The van der Waals surface area contributed by atoms with E-state index in [9.17, 15) is 4.79 Å². The summed E-state index contributed by atoms with van der Waals surface area (Å²) in [6.45, 7) is 11.2. The number of carbonyl (C=O) groups excluding carboxylic acids is 1. The van der Waals surface area contributed by atoms with Crippen molar-refractivity contribution < 1.29 is 9.53 Å². The molecule has 1 amide bonds. The van der Waals surface area contributed by atoms with Crippen LogP contribution in [0.15, 0.2) is 35.3 Å². The van der Waals surface area contributed by atoms with E-state index in [1.54, 1.807) is 19.0 Å². The number of amides is 1. The molecule has 0 radical (unpaired) electrons. The maximum Gasteiger partial charge on any atom is 0.410 e. The van der Waals surface area contributed by atoms with Crippen LogP contribution in [0.1, 0.15) is 40.5 Å². The Morgan fingerprint density at radius 2 is 1.90 bits per heavy atom. The minimum Gasteiger partial charge on any atom is -0.444 e. The Bertz CT molecular complexity index is 679. The normalized spacial score (nSPS) is 16.7. The largest absolute Gasteiger partial charge is 0.444 e. The number of hydrogen-bond acceptors (Lipinski definition) is 4. The number of para-hydroxylation sites is 1.